The lowest BCUT2D eigenvalue weighted by atomic mass is 10.0. The van der Waals surface area contributed by atoms with E-state index in [-0.39, 0.29) is 22.9 Å². The lowest BCUT2D eigenvalue weighted by Gasteiger charge is -2.34. The van der Waals surface area contributed by atoms with Crippen LogP contribution in [0.4, 0.5) is 10.5 Å². The van der Waals surface area contributed by atoms with Crippen LogP contribution in [0.3, 0.4) is 0 Å². The fourth-order valence-corrected chi connectivity index (χ4v) is 5.38. The summed E-state index contributed by atoms with van der Waals surface area (Å²) in [5.74, 6) is 0.543. The molecule has 2 aromatic carbocycles. The molecule has 34 heavy (non-hydrogen) atoms. The van der Waals surface area contributed by atoms with Gasteiger partial charge in [-0.2, -0.15) is 0 Å². The Balaban J connectivity index is 1.42. The largest absolute Gasteiger partial charge is 0.497 e. The zero-order chi connectivity index (χ0) is 24.5. The highest BCUT2D eigenvalue weighted by Crippen LogP contribution is 2.31. The fourth-order valence-electron chi connectivity index (χ4n) is 4.43. The number of carbonyl (C=O) groups is 2. The number of hydrogen-bond acceptors (Lipinski definition) is 5. The van der Waals surface area contributed by atoms with Gasteiger partial charge in [0, 0.05) is 51.0 Å². The molecular weight excluding hydrogens is 456 g/mol. The van der Waals surface area contributed by atoms with Crippen LogP contribution in [0.25, 0.3) is 0 Å². The molecule has 1 atom stereocenters. The van der Waals surface area contributed by atoms with Gasteiger partial charge in [-0.05, 0) is 61.2 Å². The number of amides is 3. The smallest absolute Gasteiger partial charge is 0.322 e. The van der Waals surface area contributed by atoms with Crippen LogP contribution in [0.15, 0.2) is 47.4 Å². The van der Waals surface area contributed by atoms with Crippen LogP contribution in [-0.2, 0) is 16.4 Å². The number of nitrogens with zero attached hydrogens (tertiary/aromatic N) is 3. The molecule has 2 aliphatic heterocycles. The van der Waals surface area contributed by atoms with Crippen molar-refractivity contribution >= 4 is 27.6 Å². The predicted molar refractivity (Wildman–Crippen MR) is 129 cm³/mol. The topological polar surface area (TPSA) is 99.3 Å². The van der Waals surface area contributed by atoms with Crippen LogP contribution < -0.4 is 15.0 Å². The van der Waals surface area contributed by atoms with Gasteiger partial charge in [-0.1, -0.05) is 6.07 Å². The highest BCUT2D eigenvalue weighted by molar-refractivity contribution is 7.89. The highest BCUT2D eigenvalue weighted by atomic mass is 32.2. The molecule has 0 radical (unpaired) electrons. The molecule has 2 heterocycles. The molecule has 0 aliphatic carbocycles. The summed E-state index contributed by atoms with van der Waals surface area (Å²) in [7, 11) is 1.02. The van der Waals surface area contributed by atoms with Crippen LogP contribution in [0.2, 0.25) is 0 Å². The Kier molecular flexibility index (Phi) is 6.81. The van der Waals surface area contributed by atoms with E-state index in [4.69, 9.17) is 4.74 Å². The number of sulfonamides is 1. The molecule has 1 fully saturated rings. The van der Waals surface area contributed by atoms with Crippen molar-refractivity contribution in [1.82, 2.24) is 14.5 Å². The summed E-state index contributed by atoms with van der Waals surface area (Å²) >= 11 is 0. The van der Waals surface area contributed by atoms with Crippen molar-refractivity contribution in [2.45, 2.75) is 30.2 Å². The first-order valence-corrected chi connectivity index (χ1v) is 12.7. The number of hydrogen-bond donors (Lipinski definition) is 1. The summed E-state index contributed by atoms with van der Waals surface area (Å²) in [4.78, 5) is 29.7. The van der Waals surface area contributed by atoms with Gasteiger partial charge in [0.25, 0.3) is 5.91 Å². The van der Waals surface area contributed by atoms with Gasteiger partial charge in [0.05, 0.1) is 12.0 Å². The maximum Gasteiger partial charge on any atom is 0.322 e. The quantitative estimate of drug-likeness (QED) is 0.699. The van der Waals surface area contributed by atoms with Crippen molar-refractivity contribution in [2.24, 2.45) is 0 Å². The van der Waals surface area contributed by atoms with Gasteiger partial charge in [-0.15, -0.1) is 0 Å². The van der Waals surface area contributed by atoms with Gasteiger partial charge in [0.1, 0.15) is 5.75 Å². The third kappa shape index (κ3) is 4.74. The normalized spacial score (nSPS) is 18.1. The second-order valence-electron chi connectivity index (χ2n) is 8.75. The molecule has 1 N–H and O–H groups in total. The molecule has 0 saturated carbocycles. The summed E-state index contributed by atoms with van der Waals surface area (Å²) in [6.07, 6.45) is 2.17. The number of likely N-dealkylation sites (tertiary alicyclic amines) is 1. The van der Waals surface area contributed by atoms with E-state index in [9.17, 15) is 18.0 Å². The number of methoxy groups -OCH3 is 1. The van der Waals surface area contributed by atoms with Gasteiger partial charge < -0.3 is 15.0 Å². The Labute approximate surface area is 200 Å². The first kappa shape index (κ1) is 24.0. The zero-order valence-corrected chi connectivity index (χ0v) is 20.5. The number of fused-ring (bicyclic) bond motifs is 1. The Morgan fingerprint density at radius 2 is 1.91 bits per heavy atom. The van der Waals surface area contributed by atoms with E-state index in [0.29, 0.717) is 37.4 Å². The maximum absolute atomic E-state index is 13.1. The molecule has 3 amide bonds. The van der Waals surface area contributed by atoms with Crippen molar-refractivity contribution in [1.29, 1.82) is 0 Å². The van der Waals surface area contributed by atoms with E-state index in [0.717, 1.165) is 24.1 Å². The van der Waals surface area contributed by atoms with E-state index in [2.05, 4.69) is 5.32 Å². The van der Waals surface area contributed by atoms with Crippen LogP contribution in [-0.4, -0.2) is 76.4 Å². The number of piperidine rings is 1. The van der Waals surface area contributed by atoms with E-state index in [1.54, 1.807) is 53.3 Å². The predicted octanol–water partition coefficient (Wildman–Crippen LogP) is 2.32. The molecule has 2 aromatic rings. The summed E-state index contributed by atoms with van der Waals surface area (Å²) < 4.78 is 31.3. The standard InChI is InChI=1S/C24H30N4O5S/c1-26(2)34(31,32)21-9-10-22-17(15-21)11-13-28(22)24(30)25-19-7-5-12-27(16-19)23(29)18-6-4-8-20(14-18)33-3/h4,6,8-10,14-15,19H,5,7,11-13,16H2,1-3H3,(H,25,30). The number of nitrogens with one attached hydrogen (secondary N) is 1. The minimum Gasteiger partial charge on any atom is -0.497 e. The molecule has 182 valence electrons. The molecule has 0 spiro atoms. The number of carbonyl (C=O) groups excluding carboxylic acids is 2. The Hall–Kier alpha value is -3.11. The van der Waals surface area contributed by atoms with Gasteiger partial charge in [0.2, 0.25) is 10.0 Å². The zero-order valence-electron chi connectivity index (χ0n) is 19.7. The molecule has 1 unspecified atom stereocenters. The summed E-state index contributed by atoms with van der Waals surface area (Å²) in [5.41, 5.74) is 2.11. The fraction of sp³-hybridized carbons (Fsp3) is 0.417. The highest BCUT2D eigenvalue weighted by Gasteiger charge is 2.31. The second kappa shape index (κ2) is 9.63. The molecular formula is C24H30N4O5S. The first-order chi connectivity index (χ1) is 16.2. The van der Waals surface area contributed by atoms with Gasteiger partial charge in [0.15, 0.2) is 0 Å². The van der Waals surface area contributed by atoms with Crippen LogP contribution >= 0.6 is 0 Å². The number of rotatable bonds is 5. The number of urea groups is 1. The average Bonchev–Trinajstić information content (AvgIpc) is 3.27. The Morgan fingerprint density at radius 3 is 2.65 bits per heavy atom. The minimum absolute atomic E-state index is 0.0843. The number of benzene rings is 2. The summed E-state index contributed by atoms with van der Waals surface area (Å²) in [5, 5.41) is 3.07. The molecule has 2 aliphatic rings. The molecule has 4 rings (SSSR count). The minimum atomic E-state index is -3.53. The monoisotopic (exact) mass is 486 g/mol. The Morgan fingerprint density at radius 1 is 1.12 bits per heavy atom. The van der Waals surface area contributed by atoms with E-state index in [1.165, 1.54) is 24.5 Å². The van der Waals surface area contributed by atoms with Crippen molar-refractivity contribution in [3.05, 3.63) is 53.6 Å². The van der Waals surface area contributed by atoms with Gasteiger partial charge in [-0.25, -0.2) is 17.5 Å². The van der Waals surface area contributed by atoms with Crippen molar-refractivity contribution in [3.63, 3.8) is 0 Å². The van der Waals surface area contributed by atoms with Crippen LogP contribution in [0.5, 0.6) is 5.75 Å². The van der Waals surface area contributed by atoms with Crippen molar-refractivity contribution < 1.29 is 22.7 Å². The van der Waals surface area contributed by atoms with Gasteiger partial charge in [-0.3, -0.25) is 9.69 Å². The lowest BCUT2D eigenvalue weighted by molar-refractivity contribution is 0.0698. The molecule has 9 nitrogen and oxygen atoms in total. The number of ether oxygens (including phenoxy) is 1. The molecule has 10 heteroatoms. The average molecular weight is 487 g/mol. The SMILES string of the molecule is COc1cccc(C(=O)N2CCCC(NC(=O)N3CCc4cc(S(=O)(=O)N(C)C)ccc43)C2)c1. The summed E-state index contributed by atoms with van der Waals surface area (Å²) in [6, 6.07) is 11.5. The molecule has 1 saturated heterocycles. The third-order valence-corrected chi connectivity index (χ3v) is 8.13. The van der Waals surface area contributed by atoms with E-state index >= 15 is 0 Å². The number of anilines is 1. The molecule has 0 bridgehead atoms. The van der Waals surface area contributed by atoms with E-state index in [1.807, 2.05) is 0 Å². The van der Waals surface area contributed by atoms with E-state index < -0.39 is 10.0 Å². The lowest BCUT2D eigenvalue weighted by Crippen LogP contribution is -2.52. The van der Waals surface area contributed by atoms with Crippen LogP contribution in [0.1, 0.15) is 28.8 Å². The van der Waals surface area contributed by atoms with Crippen LogP contribution in [0, 0.1) is 0 Å². The van der Waals surface area contributed by atoms with Crippen molar-refractivity contribution in [3.8, 4) is 5.75 Å². The maximum atomic E-state index is 13.1. The summed E-state index contributed by atoms with van der Waals surface area (Å²) in [6.45, 7) is 1.55. The second-order valence-corrected chi connectivity index (χ2v) is 10.9. The van der Waals surface area contributed by atoms with Gasteiger partial charge >= 0.3 is 6.03 Å². The molecule has 0 aromatic heterocycles. The third-order valence-electron chi connectivity index (χ3n) is 6.32. The van der Waals surface area contributed by atoms with Crippen molar-refractivity contribution in [2.75, 3.05) is 45.7 Å². The first-order valence-electron chi connectivity index (χ1n) is 11.3. The Bertz CT molecular complexity index is 1200.